The lowest BCUT2D eigenvalue weighted by Crippen LogP contribution is -2.00. The molecule has 0 amide bonds. The zero-order valence-electron chi connectivity index (χ0n) is 9.85. The first-order valence-electron chi connectivity index (χ1n) is 5.46. The van der Waals surface area contributed by atoms with Crippen molar-refractivity contribution in [1.82, 2.24) is 0 Å². The molecule has 0 unspecified atom stereocenters. The molecule has 0 aliphatic carbocycles. The van der Waals surface area contributed by atoms with Crippen molar-refractivity contribution in [3.05, 3.63) is 54.6 Å². The van der Waals surface area contributed by atoms with Gasteiger partial charge in [-0.2, -0.15) is 0 Å². The van der Waals surface area contributed by atoms with E-state index in [1.54, 1.807) is 12.1 Å². The van der Waals surface area contributed by atoms with Gasteiger partial charge in [-0.05, 0) is 42.0 Å². The van der Waals surface area contributed by atoms with Crippen LogP contribution in [0.5, 0.6) is 0 Å². The van der Waals surface area contributed by atoms with Crippen LogP contribution in [0.3, 0.4) is 0 Å². The summed E-state index contributed by atoms with van der Waals surface area (Å²) < 4.78 is 0. The molecule has 0 saturated carbocycles. The van der Waals surface area contributed by atoms with Gasteiger partial charge < -0.3 is 16.8 Å². The average molecular weight is 257 g/mol. The van der Waals surface area contributed by atoms with Crippen LogP contribution in [0, 0.1) is 0 Å². The van der Waals surface area contributed by atoms with Crippen molar-refractivity contribution < 1.29 is 0 Å². The topological polar surface area (TPSA) is 64.1 Å². The van der Waals surface area contributed by atoms with Gasteiger partial charge in [0.05, 0.1) is 11.4 Å². The van der Waals surface area contributed by atoms with Crippen LogP contribution in [0.25, 0.3) is 5.70 Å². The van der Waals surface area contributed by atoms with Crippen LogP contribution < -0.4 is 16.8 Å². The predicted octanol–water partition coefficient (Wildman–Crippen LogP) is 3.22. The molecule has 3 nitrogen and oxygen atoms in total. The Hall–Kier alpha value is -2.07. The summed E-state index contributed by atoms with van der Waals surface area (Å²) in [4.78, 5) is 0.919. The number of thiol groups is 1. The summed E-state index contributed by atoms with van der Waals surface area (Å²) >= 11 is 4.24. The smallest absolute Gasteiger partial charge is 0.0554 e. The van der Waals surface area contributed by atoms with Gasteiger partial charge in [0.1, 0.15) is 0 Å². The fourth-order valence-corrected chi connectivity index (χ4v) is 1.70. The molecule has 0 fully saturated rings. The number of nitrogen functional groups attached to an aromatic ring is 2. The maximum atomic E-state index is 5.77. The summed E-state index contributed by atoms with van der Waals surface area (Å²) in [5, 5.41) is 3.21. The standard InChI is InChI=1S/C14H15N3S/c1-9(10-2-7-13(15)14(16)8-10)17-11-3-5-12(18)6-4-11/h2-8,17-18H,1,15-16H2. The van der Waals surface area contributed by atoms with Gasteiger partial charge in [-0.3, -0.25) is 0 Å². The van der Waals surface area contributed by atoms with E-state index in [-0.39, 0.29) is 0 Å². The third kappa shape index (κ3) is 2.78. The Morgan fingerprint density at radius 1 is 1.00 bits per heavy atom. The van der Waals surface area contributed by atoms with E-state index in [1.807, 2.05) is 30.3 Å². The van der Waals surface area contributed by atoms with E-state index in [2.05, 4.69) is 24.5 Å². The first kappa shape index (κ1) is 12.4. The van der Waals surface area contributed by atoms with E-state index in [4.69, 9.17) is 11.5 Å². The highest BCUT2D eigenvalue weighted by Gasteiger charge is 2.02. The number of hydrogen-bond acceptors (Lipinski definition) is 4. The predicted molar refractivity (Wildman–Crippen MR) is 81.6 cm³/mol. The Morgan fingerprint density at radius 3 is 2.28 bits per heavy atom. The SMILES string of the molecule is C=C(Nc1ccc(S)cc1)c1ccc(N)c(N)c1. The van der Waals surface area contributed by atoms with E-state index in [0.29, 0.717) is 11.4 Å². The van der Waals surface area contributed by atoms with Gasteiger partial charge in [-0.1, -0.05) is 12.6 Å². The lowest BCUT2D eigenvalue weighted by atomic mass is 10.1. The second-order valence-electron chi connectivity index (χ2n) is 3.99. The molecule has 2 aromatic rings. The van der Waals surface area contributed by atoms with Gasteiger partial charge >= 0.3 is 0 Å². The molecule has 0 saturated heterocycles. The van der Waals surface area contributed by atoms with E-state index in [9.17, 15) is 0 Å². The van der Waals surface area contributed by atoms with Crippen molar-refractivity contribution in [2.24, 2.45) is 0 Å². The Morgan fingerprint density at radius 2 is 1.67 bits per heavy atom. The number of nitrogens with two attached hydrogens (primary N) is 2. The maximum Gasteiger partial charge on any atom is 0.0554 e. The lowest BCUT2D eigenvalue weighted by Gasteiger charge is -2.11. The monoisotopic (exact) mass is 257 g/mol. The zero-order valence-corrected chi connectivity index (χ0v) is 10.7. The summed E-state index contributed by atoms with van der Waals surface area (Å²) in [6, 6.07) is 13.2. The van der Waals surface area contributed by atoms with E-state index in [1.165, 1.54) is 0 Å². The van der Waals surface area contributed by atoms with Crippen LogP contribution in [0.1, 0.15) is 5.56 Å². The van der Waals surface area contributed by atoms with E-state index < -0.39 is 0 Å². The summed E-state index contributed by atoms with van der Waals surface area (Å²) in [6.07, 6.45) is 0. The summed E-state index contributed by atoms with van der Waals surface area (Å²) in [6.45, 7) is 3.99. The minimum atomic E-state index is 0.557. The highest BCUT2D eigenvalue weighted by Crippen LogP contribution is 2.23. The van der Waals surface area contributed by atoms with Crippen LogP contribution in [-0.4, -0.2) is 0 Å². The molecule has 18 heavy (non-hydrogen) atoms. The first-order valence-corrected chi connectivity index (χ1v) is 5.91. The molecule has 4 heteroatoms. The fraction of sp³-hybridized carbons (Fsp3) is 0. The second-order valence-corrected chi connectivity index (χ2v) is 4.51. The Bertz CT molecular complexity index is 576. The van der Waals surface area contributed by atoms with Gasteiger partial charge in [0.2, 0.25) is 0 Å². The summed E-state index contributed by atoms with van der Waals surface area (Å²) in [5.74, 6) is 0. The normalized spacial score (nSPS) is 10.1. The van der Waals surface area contributed by atoms with Crippen LogP contribution in [0.4, 0.5) is 17.1 Å². The minimum absolute atomic E-state index is 0.557. The molecule has 2 aromatic carbocycles. The van der Waals surface area contributed by atoms with Gasteiger partial charge in [0.25, 0.3) is 0 Å². The molecule has 0 aliphatic heterocycles. The van der Waals surface area contributed by atoms with E-state index in [0.717, 1.165) is 21.8 Å². The zero-order chi connectivity index (χ0) is 13.1. The van der Waals surface area contributed by atoms with Gasteiger partial charge in [-0.15, -0.1) is 12.6 Å². The molecule has 0 atom stereocenters. The number of nitrogens with one attached hydrogen (secondary N) is 1. The van der Waals surface area contributed by atoms with Crippen molar-refractivity contribution in [2.45, 2.75) is 4.90 Å². The van der Waals surface area contributed by atoms with E-state index >= 15 is 0 Å². The molecular weight excluding hydrogens is 242 g/mol. The average Bonchev–Trinajstić information content (AvgIpc) is 2.35. The van der Waals surface area contributed by atoms with Crippen LogP contribution in [0.15, 0.2) is 53.9 Å². The maximum absolute atomic E-state index is 5.77. The highest BCUT2D eigenvalue weighted by molar-refractivity contribution is 7.80. The second kappa shape index (κ2) is 5.06. The molecule has 92 valence electrons. The van der Waals surface area contributed by atoms with Crippen LogP contribution >= 0.6 is 12.6 Å². The third-order valence-corrected chi connectivity index (χ3v) is 2.90. The van der Waals surface area contributed by atoms with Crippen molar-refractivity contribution in [1.29, 1.82) is 0 Å². The molecular formula is C14H15N3S. The number of benzene rings is 2. The Labute approximate surface area is 112 Å². The van der Waals surface area contributed by atoms with Crippen LogP contribution in [0.2, 0.25) is 0 Å². The molecule has 0 radical (unpaired) electrons. The number of anilines is 3. The van der Waals surface area contributed by atoms with Crippen molar-refractivity contribution >= 4 is 35.4 Å². The number of rotatable bonds is 3. The Balaban J connectivity index is 2.16. The molecule has 0 heterocycles. The molecule has 0 bridgehead atoms. The molecule has 2 rings (SSSR count). The molecule has 0 spiro atoms. The van der Waals surface area contributed by atoms with Crippen molar-refractivity contribution in [3.63, 3.8) is 0 Å². The quantitative estimate of drug-likeness (QED) is 0.504. The third-order valence-electron chi connectivity index (χ3n) is 2.60. The van der Waals surface area contributed by atoms with Crippen molar-refractivity contribution in [3.8, 4) is 0 Å². The summed E-state index contributed by atoms with van der Waals surface area (Å²) in [7, 11) is 0. The van der Waals surface area contributed by atoms with Gasteiger partial charge in [0.15, 0.2) is 0 Å². The largest absolute Gasteiger partial charge is 0.397 e. The Kier molecular flexibility index (Phi) is 3.48. The summed E-state index contributed by atoms with van der Waals surface area (Å²) in [5.41, 5.74) is 15.2. The highest BCUT2D eigenvalue weighted by atomic mass is 32.1. The first-order chi connectivity index (χ1) is 8.56. The van der Waals surface area contributed by atoms with Gasteiger partial charge in [0, 0.05) is 16.3 Å². The molecule has 5 N–H and O–H groups in total. The fourth-order valence-electron chi connectivity index (χ4n) is 1.55. The van der Waals surface area contributed by atoms with Crippen LogP contribution in [-0.2, 0) is 0 Å². The number of hydrogen-bond donors (Lipinski definition) is 4. The molecule has 0 aromatic heterocycles. The lowest BCUT2D eigenvalue weighted by molar-refractivity contribution is 1.45. The minimum Gasteiger partial charge on any atom is -0.397 e. The van der Waals surface area contributed by atoms with Gasteiger partial charge in [-0.25, -0.2) is 0 Å². The molecule has 0 aliphatic rings. The van der Waals surface area contributed by atoms with Crippen molar-refractivity contribution in [2.75, 3.05) is 16.8 Å².